The van der Waals surface area contributed by atoms with Crippen molar-refractivity contribution in [2.45, 2.75) is 78.2 Å². The number of halogens is 1. The van der Waals surface area contributed by atoms with Gasteiger partial charge in [-0.3, -0.25) is 4.98 Å². The molecule has 162 valence electrons. The molecular weight excluding hydrogens is 479 g/mol. The number of likely N-dealkylation sites (tertiary alicyclic amines) is 1. The van der Waals surface area contributed by atoms with Gasteiger partial charge < -0.3 is 14.4 Å². The molecule has 0 radical (unpaired) electrons. The van der Waals surface area contributed by atoms with Crippen LogP contribution < -0.4 is 4.74 Å². The molecule has 1 saturated heterocycles. The topological polar surface area (TPSA) is 51.7 Å². The van der Waals surface area contributed by atoms with Crippen LogP contribution in [0.4, 0.5) is 4.79 Å². The van der Waals surface area contributed by atoms with Crippen LogP contribution in [0.3, 0.4) is 0 Å². The number of hydrogen-bond donors (Lipinski definition) is 0. The lowest BCUT2D eigenvalue weighted by Crippen LogP contribution is -2.46. The smallest absolute Gasteiger partial charge is 0.410 e. The van der Waals surface area contributed by atoms with E-state index in [2.05, 4.69) is 34.5 Å². The van der Waals surface area contributed by atoms with Crippen molar-refractivity contribution in [2.75, 3.05) is 19.7 Å². The van der Waals surface area contributed by atoms with Crippen LogP contribution in [0.25, 0.3) is 0 Å². The minimum Gasteiger partial charge on any atom is -0.492 e. The van der Waals surface area contributed by atoms with E-state index in [1.165, 1.54) is 31.2 Å². The third-order valence-corrected chi connectivity index (χ3v) is 7.62. The number of aromatic nitrogens is 1. The number of carbonyl (C=O) groups excluding carboxylic acids is 1. The number of hydrogen-bond acceptors (Lipinski definition) is 4. The summed E-state index contributed by atoms with van der Waals surface area (Å²) in [6.07, 6.45) is 12.0. The third-order valence-electron chi connectivity index (χ3n) is 6.53. The van der Waals surface area contributed by atoms with Gasteiger partial charge in [0.15, 0.2) is 0 Å². The molecule has 2 heterocycles. The van der Waals surface area contributed by atoms with Gasteiger partial charge in [0.05, 0.1) is 12.8 Å². The summed E-state index contributed by atoms with van der Waals surface area (Å²) in [6, 6.07) is 0. The Balaban J connectivity index is 1.39. The number of rotatable bonds is 4. The van der Waals surface area contributed by atoms with Crippen LogP contribution in [0, 0.1) is 21.8 Å². The highest BCUT2D eigenvalue weighted by Crippen LogP contribution is 2.47. The molecule has 1 aliphatic heterocycles. The van der Waals surface area contributed by atoms with Gasteiger partial charge in [-0.1, -0.05) is 0 Å². The molecule has 2 fully saturated rings. The van der Waals surface area contributed by atoms with E-state index in [1.54, 1.807) is 0 Å². The molecule has 1 amide bonds. The van der Waals surface area contributed by atoms with Gasteiger partial charge in [-0.15, -0.1) is 0 Å². The molecule has 1 spiro atoms. The van der Waals surface area contributed by atoms with Crippen LogP contribution in [0.1, 0.15) is 71.3 Å². The summed E-state index contributed by atoms with van der Waals surface area (Å²) in [4.78, 5) is 18.4. The number of nitrogens with zero attached hydrogens (tertiary/aromatic N) is 2. The highest BCUT2D eigenvalue weighted by Gasteiger charge is 2.39. The van der Waals surface area contributed by atoms with Gasteiger partial charge in [0.2, 0.25) is 0 Å². The Morgan fingerprint density at radius 1 is 1.21 bits per heavy atom. The molecule has 0 unspecified atom stereocenters. The summed E-state index contributed by atoms with van der Waals surface area (Å²) in [5, 5.41) is 0. The minimum absolute atomic E-state index is 0.154. The number of amides is 1. The largest absolute Gasteiger partial charge is 0.492 e. The maximum Gasteiger partial charge on any atom is 0.410 e. The van der Waals surface area contributed by atoms with Crippen molar-refractivity contribution in [1.82, 2.24) is 9.88 Å². The minimum atomic E-state index is -0.418. The van der Waals surface area contributed by atoms with Crippen molar-refractivity contribution in [3.05, 3.63) is 21.5 Å². The fourth-order valence-electron chi connectivity index (χ4n) is 4.53. The van der Waals surface area contributed by atoms with Gasteiger partial charge in [0.1, 0.15) is 11.4 Å². The zero-order chi connectivity index (χ0) is 21.1. The summed E-state index contributed by atoms with van der Waals surface area (Å²) < 4.78 is 12.7. The van der Waals surface area contributed by atoms with Gasteiger partial charge in [-0.05, 0) is 107 Å². The maximum atomic E-state index is 12.3. The molecule has 5 nitrogen and oxygen atoms in total. The lowest BCUT2D eigenvalue weighted by Gasteiger charge is -2.46. The first kappa shape index (κ1) is 22.6. The van der Waals surface area contributed by atoms with E-state index in [0.717, 1.165) is 54.2 Å². The highest BCUT2D eigenvalue weighted by atomic mass is 127. The van der Waals surface area contributed by atoms with E-state index in [0.29, 0.717) is 5.41 Å². The molecule has 1 saturated carbocycles. The van der Waals surface area contributed by atoms with E-state index in [4.69, 9.17) is 9.47 Å². The van der Waals surface area contributed by atoms with Gasteiger partial charge in [0.25, 0.3) is 0 Å². The van der Waals surface area contributed by atoms with Crippen molar-refractivity contribution in [1.29, 1.82) is 0 Å². The van der Waals surface area contributed by atoms with Crippen LogP contribution in [-0.2, 0) is 4.74 Å². The summed E-state index contributed by atoms with van der Waals surface area (Å²) in [6.45, 7) is 10.3. The molecule has 0 N–H and O–H groups in total. The van der Waals surface area contributed by atoms with Crippen molar-refractivity contribution >= 4 is 28.7 Å². The van der Waals surface area contributed by atoms with Crippen LogP contribution in [-0.4, -0.2) is 41.3 Å². The number of ether oxygens (including phenoxy) is 2. The Bertz CT molecular complexity index is 699. The van der Waals surface area contributed by atoms with Crippen molar-refractivity contribution < 1.29 is 14.3 Å². The second-order valence-electron chi connectivity index (χ2n) is 9.79. The molecule has 1 aromatic rings. The first-order chi connectivity index (χ1) is 13.7. The van der Waals surface area contributed by atoms with E-state index >= 15 is 0 Å². The molecule has 1 aliphatic carbocycles. The maximum absolute atomic E-state index is 12.3. The Labute approximate surface area is 189 Å². The Morgan fingerprint density at radius 3 is 2.48 bits per heavy atom. The first-order valence-corrected chi connectivity index (χ1v) is 12.0. The predicted molar refractivity (Wildman–Crippen MR) is 123 cm³/mol. The zero-order valence-corrected chi connectivity index (χ0v) is 20.5. The quantitative estimate of drug-likeness (QED) is 0.465. The molecule has 3 rings (SSSR count). The monoisotopic (exact) mass is 514 g/mol. The number of piperidine rings is 1. The molecule has 0 bridgehead atoms. The Kier molecular flexibility index (Phi) is 7.33. The number of carbonyl (C=O) groups is 1. The molecule has 0 atom stereocenters. The molecule has 1 aromatic heterocycles. The molecule has 6 heteroatoms. The zero-order valence-electron chi connectivity index (χ0n) is 18.3. The van der Waals surface area contributed by atoms with Crippen LogP contribution in [0.2, 0.25) is 0 Å². The van der Waals surface area contributed by atoms with E-state index in [9.17, 15) is 4.79 Å². The molecular formula is C23H35IN2O3. The summed E-state index contributed by atoms with van der Waals surface area (Å²) in [7, 11) is 0. The average molecular weight is 514 g/mol. The fraction of sp³-hybridized carbons (Fsp3) is 0.739. The van der Waals surface area contributed by atoms with E-state index in [-0.39, 0.29) is 6.09 Å². The van der Waals surface area contributed by atoms with Gasteiger partial charge in [-0.25, -0.2) is 4.79 Å². The fourth-order valence-corrected chi connectivity index (χ4v) is 4.96. The third kappa shape index (κ3) is 6.22. The van der Waals surface area contributed by atoms with Gasteiger partial charge >= 0.3 is 6.09 Å². The highest BCUT2D eigenvalue weighted by molar-refractivity contribution is 14.1. The van der Waals surface area contributed by atoms with Crippen LogP contribution >= 0.6 is 22.6 Å². The van der Waals surface area contributed by atoms with E-state index < -0.39 is 5.60 Å². The predicted octanol–water partition coefficient (Wildman–Crippen LogP) is 5.97. The van der Waals surface area contributed by atoms with Crippen molar-refractivity contribution in [3.63, 3.8) is 0 Å². The molecule has 2 aliphatic rings. The van der Waals surface area contributed by atoms with Crippen LogP contribution in [0.5, 0.6) is 5.75 Å². The lowest BCUT2D eigenvalue weighted by molar-refractivity contribution is 0.000712. The molecule has 29 heavy (non-hydrogen) atoms. The summed E-state index contributed by atoms with van der Waals surface area (Å²) >= 11 is 2.30. The Hall–Kier alpha value is -1.05. The second kappa shape index (κ2) is 9.40. The van der Waals surface area contributed by atoms with E-state index in [1.807, 2.05) is 38.1 Å². The summed E-state index contributed by atoms with van der Waals surface area (Å²) in [5.41, 5.74) is 1.20. The van der Waals surface area contributed by atoms with Crippen molar-refractivity contribution in [2.24, 2.45) is 11.3 Å². The number of pyridine rings is 1. The van der Waals surface area contributed by atoms with Gasteiger partial charge in [-0.2, -0.15) is 0 Å². The van der Waals surface area contributed by atoms with Crippen LogP contribution in [0.15, 0.2) is 12.4 Å². The first-order valence-electron chi connectivity index (χ1n) is 10.9. The normalized spacial score (nSPS) is 20.0. The molecule has 0 aromatic carbocycles. The lowest BCUT2D eigenvalue weighted by atomic mass is 9.65. The summed E-state index contributed by atoms with van der Waals surface area (Å²) in [5.74, 6) is 1.67. The standard InChI is InChI=1S/C23H35IN2O3/c1-17-19(24)15-25-16-20(17)28-14-7-18-5-8-23(9-6-18)10-12-26(13-11-23)21(27)29-22(2,3)4/h15-16,18H,5-14H2,1-4H3. The Morgan fingerprint density at radius 2 is 1.86 bits per heavy atom. The SMILES string of the molecule is Cc1c(I)cncc1OCCC1CCC2(CC1)CCN(C(=O)OC(C)(C)C)CC2. The van der Waals surface area contributed by atoms with Crippen molar-refractivity contribution in [3.8, 4) is 5.75 Å². The average Bonchev–Trinajstić information content (AvgIpc) is 2.66. The van der Waals surface area contributed by atoms with Gasteiger partial charge in [0, 0.05) is 28.4 Å². The second-order valence-corrected chi connectivity index (χ2v) is 11.0.